The lowest BCUT2D eigenvalue weighted by atomic mass is 10.00. The summed E-state index contributed by atoms with van der Waals surface area (Å²) in [5, 5.41) is 3.33. The van der Waals surface area contributed by atoms with Gasteiger partial charge >= 0.3 is 0 Å². The number of hydrogen-bond acceptors (Lipinski definition) is 3. The van der Waals surface area contributed by atoms with E-state index in [0.29, 0.717) is 17.7 Å². The number of nitrogens with zero attached hydrogens (tertiary/aromatic N) is 1. The monoisotopic (exact) mass is 240 g/mol. The molecule has 2 saturated heterocycles. The smallest absolute Gasteiger partial charge is 0.239 e. The Hall–Kier alpha value is -0.610. The van der Waals surface area contributed by atoms with Crippen molar-refractivity contribution < 1.29 is 9.53 Å². The first-order valence-corrected chi connectivity index (χ1v) is 6.73. The van der Waals surface area contributed by atoms with Gasteiger partial charge in [0.05, 0.1) is 12.6 Å². The van der Waals surface area contributed by atoms with Crippen molar-refractivity contribution in [3.8, 4) is 0 Å². The number of ether oxygens (including phenoxy) is 1. The van der Waals surface area contributed by atoms with Gasteiger partial charge in [0.15, 0.2) is 0 Å². The summed E-state index contributed by atoms with van der Waals surface area (Å²) in [5.74, 6) is 1.37. The van der Waals surface area contributed by atoms with Crippen LogP contribution >= 0.6 is 0 Å². The molecule has 2 aliphatic heterocycles. The first-order chi connectivity index (χ1) is 8.22. The van der Waals surface area contributed by atoms with Crippen LogP contribution in [0.1, 0.15) is 26.2 Å². The molecule has 17 heavy (non-hydrogen) atoms. The van der Waals surface area contributed by atoms with Crippen molar-refractivity contribution >= 4 is 5.91 Å². The second-order valence-electron chi connectivity index (χ2n) is 5.44. The zero-order valence-electron chi connectivity index (χ0n) is 10.9. The molecule has 2 rings (SSSR count). The lowest BCUT2D eigenvalue weighted by Crippen LogP contribution is -2.48. The molecular weight excluding hydrogens is 216 g/mol. The van der Waals surface area contributed by atoms with Gasteiger partial charge < -0.3 is 15.0 Å². The van der Waals surface area contributed by atoms with E-state index in [2.05, 4.69) is 12.2 Å². The molecule has 2 aliphatic rings. The predicted octanol–water partition coefficient (Wildman–Crippen LogP) is 0.869. The third kappa shape index (κ3) is 2.99. The number of rotatable bonds is 3. The van der Waals surface area contributed by atoms with E-state index in [4.69, 9.17) is 4.74 Å². The number of carbonyl (C=O) groups is 1. The molecule has 1 amide bonds. The normalized spacial score (nSPS) is 34.0. The summed E-state index contributed by atoms with van der Waals surface area (Å²) in [6.07, 6.45) is 3.37. The largest absolute Gasteiger partial charge is 0.384 e. The number of piperidine rings is 1. The number of amides is 1. The minimum atomic E-state index is 0.0669. The van der Waals surface area contributed by atoms with Crippen LogP contribution in [0.3, 0.4) is 0 Å². The highest BCUT2D eigenvalue weighted by atomic mass is 16.5. The lowest BCUT2D eigenvalue weighted by Gasteiger charge is -2.27. The van der Waals surface area contributed by atoms with Crippen molar-refractivity contribution in [1.29, 1.82) is 0 Å². The summed E-state index contributed by atoms with van der Waals surface area (Å²) in [4.78, 5) is 14.3. The van der Waals surface area contributed by atoms with Gasteiger partial charge in [-0.25, -0.2) is 0 Å². The highest BCUT2D eigenvalue weighted by Crippen LogP contribution is 2.24. The zero-order valence-corrected chi connectivity index (χ0v) is 10.9. The Morgan fingerprint density at radius 2 is 2.24 bits per heavy atom. The van der Waals surface area contributed by atoms with Crippen molar-refractivity contribution in [3.63, 3.8) is 0 Å². The van der Waals surface area contributed by atoms with E-state index >= 15 is 0 Å². The van der Waals surface area contributed by atoms with E-state index in [1.165, 1.54) is 12.8 Å². The molecule has 4 heteroatoms. The maximum Gasteiger partial charge on any atom is 0.239 e. The molecule has 0 saturated carbocycles. The van der Waals surface area contributed by atoms with Crippen LogP contribution in [0.15, 0.2) is 0 Å². The van der Waals surface area contributed by atoms with E-state index in [1.807, 2.05) is 4.90 Å². The summed E-state index contributed by atoms with van der Waals surface area (Å²) in [6.45, 7) is 5.73. The van der Waals surface area contributed by atoms with Crippen LogP contribution in [0.25, 0.3) is 0 Å². The average Bonchev–Trinajstić information content (AvgIpc) is 2.72. The molecule has 0 radical (unpaired) electrons. The van der Waals surface area contributed by atoms with Gasteiger partial charge in [0.25, 0.3) is 0 Å². The Labute approximate surface area is 104 Å². The molecule has 0 spiro atoms. The quantitative estimate of drug-likeness (QED) is 0.796. The van der Waals surface area contributed by atoms with Gasteiger partial charge in [-0.3, -0.25) is 4.79 Å². The fourth-order valence-electron chi connectivity index (χ4n) is 2.93. The van der Waals surface area contributed by atoms with E-state index in [1.54, 1.807) is 7.11 Å². The summed E-state index contributed by atoms with van der Waals surface area (Å²) in [5.41, 5.74) is 0. The van der Waals surface area contributed by atoms with Gasteiger partial charge in [0.1, 0.15) is 0 Å². The molecule has 1 N–H and O–H groups in total. The third-order valence-electron chi connectivity index (χ3n) is 4.07. The van der Waals surface area contributed by atoms with Crippen molar-refractivity contribution in [2.45, 2.75) is 32.2 Å². The van der Waals surface area contributed by atoms with E-state index in [-0.39, 0.29) is 6.04 Å². The van der Waals surface area contributed by atoms with Gasteiger partial charge in [0.2, 0.25) is 5.91 Å². The van der Waals surface area contributed by atoms with Crippen LogP contribution in [-0.2, 0) is 9.53 Å². The van der Waals surface area contributed by atoms with Crippen molar-refractivity contribution in [1.82, 2.24) is 10.2 Å². The Morgan fingerprint density at radius 3 is 2.88 bits per heavy atom. The third-order valence-corrected chi connectivity index (χ3v) is 4.07. The molecule has 4 nitrogen and oxygen atoms in total. The molecule has 2 fully saturated rings. The van der Waals surface area contributed by atoms with Crippen molar-refractivity contribution in [2.24, 2.45) is 11.8 Å². The van der Waals surface area contributed by atoms with Crippen molar-refractivity contribution in [3.05, 3.63) is 0 Å². The maximum atomic E-state index is 12.3. The summed E-state index contributed by atoms with van der Waals surface area (Å²) >= 11 is 0. The number of hydrogen-bond donors (Lipinski definition) is 1. The first-order valence-electron chi connectivity index (χ1n) is 6.73. The Kier molecular flexibility index (Phi) is 4.40. The van der Waals surface area contributed by atoms with E-state index in [9.17, 15) is 4.79 Å². The second kappa shape index (κ2) is 5.83. The van der Waals surface area contributed by atoms with Crippen LogP contribution < -0.4 is 5.32 Å². The van der Waals surface area contributed by atoms with Crippen LogP contribution in [0.5, 0.6) is 0 Å². The van der Waals surface area contributed by atoms with Gasteiger partial charge in [-0.1, -0.05) is 13.3 Å². The molecule has 0 bridgehead atoms. The van der Waals surface area contributed by atoms with Gasteiger partial charge in [-0.05, 0) is 25.3 Å². The second-order valence-corrected chi connectivity index (χ2v) is 5.44. The standard InChI is InChI=1S/C13H24N2O2/c1-10-7-15(8-11(10)9-17-2)13(16)12-5-3-4-6-14-12/h10-12,14H,3-9H2,1-2H3/t10-,11+,12-/m1/s1. The highest BCUT2D eigenvalue weighted by molar-refractivity contribution is 5.82. The van der Waals surface area contributed by atoms with E-state index in [0.717, 1.165) is 32.7 Å². The number of methoxy groups -OCH3 is 1. The molecule has 3 atom stereocenters. The van der Waals surface area contributed by atoms with Gasteiger partial charge in [0, 0.05) is 26.1 Å². The minimum Gasteiger partial charge on any atom is -0.384 e. The Balaban J connectivity index is 1.88. The molecule has 0 aromatic carbocycles. The molecule has 0 aromatic heterocycles. The van der Waals surface area contributed by atoms with Crippen LogP contribution in [0, 0.1) is 11.8 Å². The Morgan fingerprint density at radius 1 is 1.41 bits per heavy atom. The predicted molar refractivity (Wildman–Crippen MR) is 66.8 cm³/mol. The van der Waals surface area contributed by atoms with Gasteiger partial charge in [-0.15, -0.1) is 0 Å². The van der Waals surface area contributed by atoms with Gasteiger partial charge in [-0.2, -0.15) is 0 Å². The summed E-state index contributed by atoms with van der Waals surface area (Å²) in [6, 6.07) is 0.0669. The SMILES string of the molecule is COC[C@@H]1CN(C(=O)[C@H]2CCCCN2)C[C@H]1C. The highest BCUT2D eigenvalue weighted by Gasteiger charge is 2.35. The maximum absolute atomic E-state index is 12.3. The van der Waals surface area contributed by atoms with Crippen LogP contribution in [0.4, 0.5) is 0 Å². The minimum absolute atomic E-state index is 0.0669. The van der Waals surface area contributed by atoms with Crippen molar-refractivity contribution in [2.75, 3.05) is 33.4 Å². The fourth-order valence-corrected chi connectivity index (χ4v) is 2.93. The molecule has 0 unspecified atom stereocenters. The average molecular weight is 240 g/mol. The topological polar surface area (TPSA) is 41.6 Å². The summed E-state index contributed by atoms with van der Waals surface area (Å²) < 4.78 is 5.22. The lowest BCUT2D eigenvalue weighted by molar-refractivity contribution is -0.133. The van der Waals surface area contributed by atoms with Crippen LogP contribution in [-0.4, -0.2) is 50.2 Å². The van der Waals surface area contributed by atoms with E-state index < -0.39 is 0 Å². The summed E-state index contributed by atoms with van der Waals surface area (Å²) in [7, 11) is 1.74. The number of likely N-dealkylation sites (tertiary alicyclic amines) is 1. The zero-order chi connectivity index (χ0) is 12.3. The molecule has 2 heterocycles. The fraction of sp³-hybridized carbons (Fsp3) is 0.923. The first kappa shape index (κ1) is 12.8. The molecule has 98 valence electrons. The molecule has 0 aliphatic carbocycles. The van der Waals surface area contributed by atoms with Crippen LogP contribution in [0.2, 0.25) is 0 Å². The Bertz CT molecular complexity index is 264. The number of nitrogens with one attached hydrogen (secondary N) is 1. The molecular formula is C13H24N2O2. The molecule has 0 aromatic rings. The number of carbonyl (C=O) groups excluding carboxylic acids is 1.